The Morgan fingerprint density at radius 1 is 1.17 bits per heavy atom. The summed E-state index contributed by atoms with van der Waals surface area (Å²) < 4.78 is 5.39. The highest BCUT2D eigenvalue weighted by Gasteiger charge is 2.57. The van der Waals surface area contributed by atoms with Gasteiger partial charge < -0.3 is 19.9 Å². The number of hydrogen-bond donors (Lipinski definition) is 1. The van der Waals surface area contributed by atoms with Crippen LogP contribution in [0.1, 0.15) is 51.9 Å². The standard InChI is InChI=1S/C17H29N3O3/c1-3-23-14(21)17(7-5-4-6-8-17)20-13-16(19(2)15(20)22)9-11-18-12-10-16/h18H,3-13H2,1-2H3. The van der Waals surface area contributed by atoms with Gasteiger partial charge in [-0.25, -0.2) is 9.59 Å². The van der Waals surface area contributed by atoms with Gasteiger partial charge in [0, 0.05) is 13.6 Å². The van der Waals surface area contributed by atoms with Gasteiger partial charge >= 0.3 is 12.0 Å². The van der Waals surface area contributed by atoms with Gasteiger partial charge in [-0.1, -0.05) is 19.3 Å². The second kappa shape index (κ2) is 6.30. The number of esters is 1. The van der Waals surface area contributed by atoms with E-state index < -0.39 is 5.54 Å². The molecule has 6 nitrogen and oxygen atoms in total. The molecule has 0 unspecified atom stereocenters. The largest absolute Gasteiger partial charge is 0.464 e. The maximum absolute atomic E-state index is 13.0. The average molecular weight is 323 g/mol. The van der Waals surface area contributed by atoms with E-state index in [2.05, 4.69) is 5.32 Å². The zero-order valence-electron chi connectivity index (χ0n) is 14.4. The van der Waals surface area contributed by atoms with Crippen LogP contribution in [0.5, 0.6) is 0 Å². The van der Waals surface area contributed by atoms with Crippen molar-refractivity contribution in [2.75, 3.05) is 33.3 Å². The summed E-state index contributed by atoms with van der Waals surface area (Å²) in [4.78, 5) is 29.5. The summed E-state index contributed by atoms with van der Waals surface area (Å²) in [5.74, 6) is -0.201. The molecule has 2 amide bonds. The molecule has 2 aliphatic heterocycles. The minimum absolute atomic E-state index is 0.00172. The lowest BCUT2D eigenvalue weighted by molar-refractivity contribution is -0.158. The van der Waals surface area contributed by atoms with Gasteiger partial charge in [0.15, 0.2) is 0 Å². The predicted molar refractivity (Wildman–Crippen MR) is 87.1 cm³/mol. The fraction of sp³-hybridized carbons (Fsp3) is 0.882. The molecule has 1 N–H and O–H groups in total. The van der Waals surface area contributed by atoms with Gasteiger partial charge in [-0.2, -0.15) is 0 Å². The van der Waals surface area contributed by atoms with Crippen LogP contribution in [0.2, 0.25) is 0 Å². The Kier molecular flexibility index (Phi) is 4.54. The van der Waals surface area contributed by atoms with Gasteiger partial charge in [-0.15, -0.1) is 0 Å². The normalized spacial score (nSPS) is 26.6. The van der Waals surface area contributed by atoms with Crippen molar-refractivity contribution in [3.8, 4) is 0 Å². The number of nitrogens with zero attached hydrogens (tertiary/aromatic N) is 2. The van der Waals surface area contributed by atoms with E-state index in [0.717, 1.165) is 58.0 Å². The van der Waals surface area contributed by atoms with Gasteiger partial charge in [0.2, 0.25) is 0 Å². The first-order valence-corrected chi connectivity index (χ1v) is 8.99. The summed E-state index contributed by atoms with van der Waals surface area (Å²) in [6.45, 7) is 4.72. The van der Waals surface area contributed by atoms with Crippen molar-refractivity contribution < 1.29 is 14.3 Å². The number of urea groups is 1. The summed E-state index contributed by atoms with van der Waals surface area (Å²) in [6, 6.07) is 0.00172. The SMILES string of the molecule is CCOC(=O)C1(N2CC3(CCNCC3)N(C)C2=O)CCCCC1. The van der Waals surface area contributed by atoms with Gasteiger partial charge in [0.25, 0.3) is 0 Å². The number of amides is 2. The van der Waals surface area contributed by atoms with Crippen molar-refractivity contribution >= 4 is 12.0 Å². The molecular weight excluding hydrogens is 294 g/mol. The Morgan fingerprint density at radius 3 is 2.43 bits per heavy atom. The number of nitrogens with one attached hydrogen (secondary N) is 1. The van der Waals surface area contributed by atoms with Crippen LogP contribution in [0, 0.1) is 0 Å². The second-order valence-corrected chi connectivity index (χ2v) is 7.21. The number of hydrogen-bond acceptors (Lipinski definition) is 4. The van der Waals surface area contributed by atoms with Crippen molar-refractivity contribution in [3.05, 3.63) is 0 Å². The number of carbonyl (C=O) groups is 2. The fourth-order valence-electron chi connectivity index (χ4n) is 4.56. The van der Waals surface area contributed by atoms with Gasteiger partial charge in [0.1, 0.15) is 5.54 Å². The average Bonchev–Trinajstić information content (AvgIpc) is 2.82. The summed E-state index contributed by atoms with van der Waals surface area (Å²) >= 11 is 0. The maximum atomic E-state index is 13.0. The molecule has 2 heterocycles. The number of likely N-dealkylation sites (N-methyl/N-ethyl adjacent to an activating group) is 1. The molecule has 3 rings (SSSR count). The lowest BCUT2D eigenvalue weighted by Crippen LogP contribution is -2.58. The van der Waals surface area contributed by atoms with Gasteiger partial charge in [-0.3, -0.25) is 0 Å². The Labute approximate surface area is 138 Å². The maximum Gasteiger partial charge on any atom is 0.332 e. The molecule has 1 aliphatic carbocycles. The molecular formula is C17H29N3O3. The van der Waals surface area contributed by atoms with Crippen LogP contribution in [0.3, 0.4) is 0 Å². The third-order valence-electron chi connectivity index (χ3n) is 6.07. The van der Waals surface area contributed by atoms with Crippen LogP contribution in [0.4, 0.5) is 4.79 Å². The van der Waals surface area contributed by atoms with Crippen molar-refractivity contribution in [3.63, 3.8) is 0 Å². The Bertz CT molecular complexity index is 468. The first kappa shape index (κ1) is 16.6. The number of piperidine rings is 1. The summed E-state index contributed by atoms with van der Waals surface area (Å²) in [5, 5.41) is 3.37. The zero-order chi connectivity index (χ0) is 16.5. The van der Waals surface area contributed by atoms with Crippen molar-refractivity contribution in [1.29, 1.82) is 0 Å². The Balaban J connectivity index is 1.90. The monoisotopic (exact) mass is 323 g/mol. The van der Waals surface area contributed by atoms with Crippen LogP contribution in [-0.2, 0) is 9.53 Å². The molecule has 0 atom stereocenters. The lowest BCUT2D eigenvalue weighted by atomic mass is 9.79. The zero-order valence-corrected chi connectivity index (χ0v) is 14.4. The highest BCUT2D eigenvalue weighted by Crippen LogP contribution is 2.42. The Morgan fingerprint density at radius 2 is 1.83 bits per heavy atom. The Hall–Kier alpha value is -1.30. The molecule has 1 spiro atoms. The topological polar surface area (TPSA) is 61.9 Å². The highest BCUT2D eigenvalue weighted by atomic mass is 16.5. The van der Waals surface area contributed by atoms with E-state index in [1.54, 1.807) is 0 Å². The summed E-state index contributed by atoms with van der Waals surface area (Å²) in [7, 11) is 1.90. The first-order valence-electron chi connectivity index (χ1n) is 8.99. The molecule has 0 aromatic rings. The predicted octanol–water partition coefficient (Wildman–Crippen LogP) is 1.74. The quantitative estimate of drug-likeness (QED) is 0.804. The van der Waals surface area contributed by atoms with Crippen LogP contribution in [0.25, 0.3) is 0 Å². The molecule has 6 heteroatoms. The fourth-order valence-corrected chi connectivity index (χ4v) is 4.56. The second-order valence-electron chi connectivity index (χ2n) is 7.21. The lowest BCUT2D eigenvalue weighted by Gasteiger charge is -2.42. The van der Waals surface area contributed by atoms with E-state index in [9.17, 15) is 9.59 Å². The highest BCUT2D eigenvalue weighted by molar-refractivity contribution is 5.89. The van der Waals surface area contributed by atoms with E-state index in [1.165, 1.54) is 0 Å². The summed E-state index contributed by atoms with van der Waals surface area (Å²) in [6.07, 6.45) is 6.48. The molecule has 3 aliphatic rings. The molecule has 0 bridgehead atoms. The minimum atomic E-state index is -0.742. The molecule has 2 saturated heterocycles. The van der Waals surface area contributed by atoms with Gasteiger partial charge in [-0.05, 0) is 45.7 Å². The van der Waals surface area contributed by atoms with Gasteiger partial charge in [0.05, 0.1) is 12.1 Å². The van der Waals surface area contributed by atoms with E-state index in [1.807, 2.05) is 23.8 Å². The molecule has 0 aromatic heterocycles. The smallest absolute Gasteiger partial charge is 0.332 e. The molecule has 0 aromatic carbocycles. The van der Waals surface area contributed by atoms with Crippen LogP contribution in [-0.4, -0.2) is 66.2 Å². The molecule has 0 radical (unpaired) electrons. The third-order valence-corrected chi connectivity index (χ3v) is 6.07. The van der Waals surface area contributed by atoms with E-state index in [0.29, 0.717) is 13.2 Å². The van der Waals surface area contributed by atoms with Crippen molar-refractivity contribution in [2.24, 2.45) is 0 Å². The van der Waals surface area contributed by atoms with Crippen molar-refractivity contribution in [2.45, 2.75) is 62.9 Å². The van der Waals surface area contributed by atoms with Crippen LogP contribution in [0.15, 0.2) is 0 Å². The van der Waals surface area contributed by atoms with Crippen LogP contribution < -0.4 is 5.32 Å². The van der Waals surface area contributed by atoms with E-state index in [-0.39, 0.29) is 17.5 Å². The molecule has 3 fully saturated rings. The van der Waals surface area contributed by atoms with E-state index >= 15 is 0 Å². The number of rotatable bonds is 3. The molecule has 130 valence electrons. The molecule has 1 saturated carbocycles. The molecule has 23 heavy (non-hydrogen) atoms. The summed E-state index contributed by atoms with van der Waals surface area (Å²) in [5.41, 5.74) is -0.868. The minimum Gasteiger partial charge on any atom is -0.464 e. The number of ether oxygens (including phenoxy) is 1. The third kappa shape index (κ3) is 2.61. The van der Waals surface area contributed by atoms with Crippen LogP contribution >= 0.6 is 0 Å². The van der Waals surface area contributed by atoms with E-state index in [4.69, 9.17) is 4.74 Å². The number of carbonyl (C=O) groups excluding carboxylic acids is 2. The van der Waals surface area contributed by atoms with Crippen molar-refractivity contribution in [1.82, 2.24) is 15.1 Å². The first-order chi connectivity index (χ1) is 11.1.